The van der Waals surface area contributed by atoms with Crippen LogP contribution in [0.4, 0.5) is 4.39 Å². The number of benzene rings is 1. The zero-order valence-electron chi connectivity index (χ0n) is 13.5. The SMILES string of the molecule is COC(=O)C1C2N(C/C=C/I)[C@@]23CCC32C[C@]12c1ccc(F)cc1. The fourth-order valence-corrected chi connectivity index (χ4v) is 6.78. The van der Waals surface area contributed by atoms with Gasteiger partial charge >= 0.3 is 5.97 Å². The van der Waals surface area contributed by atoms with E-state index in [1.54, 1.807) is 0 Å². The predicted molar refractivity (Wildman–Crippen MR) is 96.3 cm³/mol. The summed E-state index contributed by atoms with van der Waals surface area (Å²) >= 11 is 2.24. The van der Waals surface area contributed by atoms with Gasteiger partial charge in [0, 0.05) is 29.0 Å². The maximum absolute atomic E-state index is 13.4. The van der Waals surface area contributed by atoms with Crippen LogP contribution in [-0.2, 0) is 14.9 Å². The molecule has 2 spiro atoms. The quantitative estimate of drug-likeness (QED) is 0.409. The summed E-state index contributed by atoms with van der Waals surface area (Å²) in [5.41, 5.74) is 1.35. The van der Waals surface area contributed by atoms with Crippen LogP contribution >= 0.6 is 22.6 Å². The number of carbonyl (C=O) groups is 1. The summed E-state index contributed by atoms with van der Waals surface area (Å²) in [7, 11) is 1.49. The standard InChI is InChI=1S/C19H19FINO2/c1-24-16(23)14-15-19(22(15)10-2-9-21)8-7-17(19)11-18(14,17)12-3-5-13(20)6-4-12/h2-6,9,14-15H,7-8,10-11H2,1H3/b9-2+/t14?,15?,17?,18-,19-,22?/m0/s1. The molecule has 1 heterocycles. The summed E-state index contributed by atoms with van der Waals surface area (Å²) in [4.78, 5) is 15.2. The first-order chi connectivity index (χ1) is 11.6. The number of ether oxygens (including phenoxy) is 1. The second-order valence-electron chi connectivity index (χ2n) is 7.62. The molecule has 4 unspecified atom stereocenters. The van der Waals surface area contributed by atoms with Crippen LogP contribution in [0.3, 0.4) is 0 Å². The average Bonchev–Trinajstić information content (AvgIpc) is 3.45. The van der Waals surface area contributed by atoms with Crippen LogP contribution in [0.15, 0.2) is 34.4 Å². The number of esters is 1. The van der Waals surface area contributed by atoms with Crippen molar-refractivity contribution in [3.8, 4) is 0 Å². The molecule has 4 fully saturated rings. The molecule has 3 nitrogen and oxygen atoms in total. The van der Waals surface area contributed by atoms with Gasteiger partial charge in [0.1, 0.15) is 5.82 Å². The van der Waals surface area contributed by atoms with Gasteiger partial charge < -0.3 is 4.74 Å². The predicted octanol–water partition coefficient (Wildman–Crippen LogP) is 3.42. The van der Waals surface area contributed by atoms with Crippen molar-refractivity contribution in [1.82, 2.24) is 4.90 Å². The van der Waals surface area contributed by atoms with E-state index in [1.165, 1.54) is 32.1 Å². The molecule has 3 aliphatic carbocycles. The van der Waals surface area contributed by atoms with Gasteiger partial charge in [-0.25, -0.2) is 4.39 Å². The Balaban J connectivity index is 1.59. The summed E-state index contributed by atoms with van der Waals surface area (Å²) in [6.07, 6.45) is 5.53. The first-order valence-corrected chi connectivity index (χ1v) is 9.69. The maximum Gasteiger partial charge on any atom is 0.311 e. The minimum Gasteiger partial charge on any atom is -0.469 e. The maximum atomic E-state index is 13.4. The first kappa shape index (κ1) is 15.3. The van der Waals surface area contributed by atoms with E-state index in [-0.39, 0.29) is 40.1 Å². The lowest BCUT2D eigenvalue weighted by Gasteiger charge is -2.41. The lowest BCUT2D eigenvalue weighted by Crippen LogP contribution is -2.45. The monoisotopic (exact) mass is 439 g/mol. The molecule has 3 saturated carbocycles. The van der Waals surface area contributed by atoms with Crippen molar-refractivity contribution < 1.29 is 13.9 Å². The molecule has 126 valence electrons. The molecule has 4 aliphatic rings. The fourth-order valence-electron chi connectivity index (χ4n) is 6.55. The van der Waals surface area contributed by atoms with E-state index in [0.29, 0.717) is 0 Å². The van der Waals surface area contributed by atoms with Gasteiger partial charge in [0.05, 0.1) is 13.0 Å². The second-order valence-corrected chi connectivity index (χ2v) is 8.34. The molecular weight excluding hydrogens is 420 g/mol. The van der Waals surface area contributed by atoms with Crippen LogP contribution in [-0.4, -0.2) is 36.1 Å². The Morgan fingerprint density at radius 2 is 2.17 bits per heavy atom. The van der Waals surface area contributed by atoms with Crippen LogP contribution < -0.4 is 0 Å². The van der Waals surface area contributed by atoms with Crippen molar-refractivity contribution in [2.45, 2.75) is 36.3 Å². The number of rotatable bonds is 4. The van der Waals surface area contributed by atoms with E-state index in [0.717, 1.165) is 18.5 Å². The molecule has 0 N–H and O–H groups in total. The van der Waals surface area contributed by atoms with Crippen LogP contribution in [0.2, 0.25) is 0 Å². The van der Waals surface area contributed by atoms with Crippen molar-refractivity contribution in [1.29, 1.82) is 0 Å². The fraction of sp³-hybridized carbons (Fsp3) is 0.526. The molecule has 1 aromatic carbocycles. The Kier molecular flexibility index (Phi) is 2.94. The van der Waals surface area contributed by atoms with Gasteiger partial charge in [-0.3, -0.25) is 9.69 Å². The molecule has 0 amide bonds. The molecule has 1 saturated heterocycles. The third kappa shape index (κ3) is 1.39. The first-order valence-electron chi connectivity index (χ1n) is 8.45. The lowest BCUT2D eigenvalue weighted by atomic mass is 9.66. The molecule has 1 aliphatic heterocycles. The lowest BCUT2D eigenvalue weighted by molar-refractivity contribution is -0.147. The van der Waals surface area contributed by atoms with Gasteiger partial charge in [-0.2, -0.15) is 0 Å². The van der Waals surface area contributed by atoms with Gasteiger partial charge in [0.2, 0.25) is 0 Å². The highest BCUT2D eigenvalue weighted by Crippen LogP contribution is 2.93. The van der Waals surface area contributed by atoms with E-state index in [4.69, 9.17) is 4.74 Å². The summed E-state index contributed by atoms with van der Waals surface area (Å²) < 4.78 is 20.7. The molecule has 5 heteroatoms. The highest BCUT2D eigenvalue weighted by Gasteiger charge is 2.99. The molecule has 1 aromatic rings. The smallest absolute Gasteiger partial charge is 0.311 e. The number of piperidine rings is 1. The highest BCUT2D eigenvalue weighted by molar-refractivity contribution is 14.1. The minimum atomic E-state index is -0.222. The molecule has 24 heavy (non-hydrogen) atoms. The highest BCUT2D eigenvalue weighted by atomic mass is 127. The Morgan fingerprint density at radius 3 is 2.75 bits per heavy atom. The third-order valence-electron chi connectivity index (χ3n) is 7.39. The van der Waals surface area contributed by atoms with Crippen LogP contribution in [0.1, 0.15) is 24.8 Å². The van der Waals surface area contributed by atoms with Gasteiger partial charge in [0.15, 0.2) is 0 Å². The van der Waals surface area contributed by atoms with Crippen molar-refractivity contribution >= 4 is 28.6 Å². The number of nitrogens with zero attached hydrogens (tertiary/aromatic N) is 1. The Hall–Kier alpha value is -0.950. The van der Waals surface area contributed by atoms with Crippen LogP contribution in [0.25, 0.3) is 0 Å². The topological polar surface area (TPSA) is 29.3 Å². The van der Waals surface area contributed by atoms with E-state index in [1.807, 2.05) is 16.2 Å². The van der Waals surface area contributed by atoms with E-state index >= 15 is 0 Å². The number of hydrogen-bond acceptors (Lipinski definition) is 3. The molecular formula is C19H19FINO2. The Labute approximate surface area is 154 Å². The Morgan fingerprint density at radius 1 is 1.42 bits per heavy atom. The van der Waals surface area contributed by atoms with Gasteiger partial charge in [-0.1, -0.05) is 40.8 Å². The largest absolute Gasteiger partial charge is 0.469 e. The van der Waals surface area contributed by atoms with E-state index in [2.05, 4.69) is 33.6 Å². The second kappa shape index (κ2) is 4.61. The zero-order valence-corrected chi connectivity index (χ0v) is 15.6. The zero-order chi connectivity index (χ0) is 16.7. The number of halogens is 2. The summed E-state index contributed by atoms with van der Waals surface area (Å²) in [5, 5.41) is 0. The third-order valence-corrected chi connectivity index (χ3v) is 7.90. The van der Waals surface area contributed by atoms with Crippen LogP contribution in [0, 0.1) is 17.2 Å². The minimum absolute atomic E-state index is 0.101. The van der Waals surface area contributed by atoms with Gasteiger partial charge in [-0.05, 0) is 41.0 Å². The van der Waals surface area contributed by atoms with E-state index in [9.17, 15) is 9.18 Å². The van der Waals surface area contributed by atoms with Crippen molar-refractivity contribution in [3.05, 3.63) is 45.8 Å². The van der Waals surface area contributed by atoms with Gasteiger partial charge in [-0.15, -0.1) is 0 Å². The Bertz CT molecular complexity index is 765. The summed E-state index contributed by atoms with van der Waals surface area (Å²) in [6.45, 7) is 0.905. The number of methoxy groups -OCH3 is 1. The molecule has 0 bridgehead atoms. The summed E-state index contributed by atoms with van der Waals surface area (Å²) in [6, 6.07) is 7.09. The molecule has 0 aromatic heterocycles. The molecule has 6 atom stereocenters. The number of carbonyl (C=O) groups excluding carboxylic acids is 1. The summed E-state index contributed by atoms with van der Waals surface area (Å²) in [5.74, 6) is -0.450. The van der Waals surface area contributed by atoms with Gasteiger partial charge in [0.25, 0.3) is 0 Å². The van der Waals surface area contributed by atoms with Crippen LogP contribution in [0.5, 0.6) is 0 Å². The average molecular weight is 439 g/mol. The van der Waals surface area contributed by atoms with Crippen molar-refractivity contribution in [3.63, 3.8) is 0 Å². The van der Waals surface area contributed by atoms with E-state index < -0.39 is 0 Å². The number of hydrogen-bond donors (Lipinski definition) is 0. The van der Waals surface area contributed by atoms with Crippen molar-refractivity contribution in [2.24, 2.45) is 11.3 Å². The van der Waals surface area contributed by atoms with Crippen molar-refractivity contribution in [2.75, 3.05) is 13.7 Å². The number of likely N-dealkylation sites (tertiary alicyclic amines) is 1. The molecule has 5 rings (SSSR count). The molecule has 0 radical (unpaired) electrons. The normalized spacial score (nSPS) is 46.7.